The number of hydrogen-bond acceptors (Lipinski definition) is 5. The van der Waals surface area contributed by atoms with Crippen LogP contribution < -0.4 is 4.74 Å². The van der Waals surface area contributed by atoms with Crippen LogP contribution in [-0.2, 0) is 17.8 Å². The SMILES string of the molecule is COc1ccc(CN2CCO[C@@H]2c2cn(Cc3cccc(C)c3)nn2)cc1. The summed E-state index contributed by atoms with van der Waals surface area (Å²) in [6, 6.07) is 16.6. The number of hydrogen-bond donors (Lipinski definition) is 0. The Kier molecular flexibility index (Phi) is 5.18. The summed E-state index contributed by atoms with van der Waals surface area (Å²) in [5, 5.41) is 8.66. The Morgan fingerprint density at radius 2 is 1.96 bits per heavy atom. The molecule has 0 bridgehead atoms. The molecule has 0 aliphatic carbocycles. The maximum absolute atomic E-state index is 5.94. The fourth-order valence-corrected chi connectivity index (χ4v) is 3.41. The Morgan fingerprint density at radius 3 is 2.74 bits per heavy atom. The van der Waals surface area contributed by atoms with Crippen LogP contribution in [0.3, 0.4) is 0 Å². The van der Waals surface area contributed by atoms with E-state index in [1.165, 1.54) is 16.7 Å². The van der Waals surface area contributed by atoms with Gasteiger partial charge in [0.05, 0.1) is 26.5 Å². The lowest BCUT2D eigenvalue weighted by Crippen LogP contribution is -2.23. The van der Waals surface area contributed by atoms with Crippen molar-refractivity contribution in [1.29, 1.82) is 0 Å². The third-order valence-corrected chi connectivity index (χ3v) is 4.77. The van der Waals surface area contributed by atoms with Crippen LogP contribution in [-0.4, -0.2) is 40.2 Å². The summed E-state index contributed by atoms with van der Waals surface area (Å²) in [5.41, 5.74) is 4.54. The lowest BCUT2D eigenvalue weighted by molar-refractivity contribution is 0.0252. The van der Waals surface area contributed by atoms with E-state index in [1.54, 1.807) is 7.11 Å². The summed E-state index contributed by atoms with van der Waals surface area (Å²) in [5.74, 6) is 0.868. The fourth-order valence-electron chi connectivity index (χ4n) is 3.41. The normalized spacial score (nSPS) is 17.3. The van der Waals surface area contributed by atoms with Crippen LogP contribution in [0.5, 0.6) is 5.75 Å². The first-order chi connectivity index (χ1) is 13.2. The highest BCUT2D eigenvalue weighted by Crippen LogP contribution is 2.27. The molecule has 2 aromatic carbocycles. The Balaban J connectivity index is 1.44. The molecule has 6 nitrogen and oxygen atoms in total. The molecule has 27 heavy (non-hydrogen) atoms. The topological polar surface area (TPSA) is 52.4 Å². The molecule has 6 heteroatoms. The van der Waals surface area contributed by atoms with Gasteiger partial charge in [0.15, 0.2) is 6.23 Å². The maximum Gasteiger partial charge on any atom is 0.157 e. The first-order valence-electron chi connectivity index (χ1n) is 9.15. The monoisotopic (exact) mass is 364 g/mol. The summed E-state index contributed by atoms with van der Waals surface area (Å²) >= 11 is 0. The number of aromatic nitrogens is 3. The van der Waals surface area contributed by atoms with Crippen LogP contribution in [0.2, 0.25) is 0 Å². The molecular weight excluding hydrogens is 340 g/mol. The van der Waals surface area contributed by atoms with E-state index in [1.807, 2.05) is 23.0 Å². The van der Waals surface area contributed by atoms with Crippen molar-refractivity contribution >= 4 is 0 Å². The number of rotatable bonds is 6. The van der Waals surface area contributed by atoms with E-state index < -0.39 is 0 Å². The number of nitrogens with zero attached hydrogens (tertiary/aromatic N) is 4. The average Bonchev–Trinajstić information content (AvgIpc) is 3.31. The van der Waals surface area contributed by atoms with Crippen LogP contribution in [0.15, 0.2) is 54.7 Å². The van der Waals surface area contributed by atoms with Gasteiger partial charge in [0.25, 0.3) is 0 Å². The van der Waals surface area contributed by atoms with Gasteiger partial charge >= 0.3 is 0 Å². The Labute approximate surface area is 159 Å². The van der Waals surface area contributed by atoms with Gasteiger partial charge in [-0.05, 0) is 30.2 Å². The molecule has 0 spiro atoms. The predicted octanol–water partition coefficient (Wildman–Crippen LogP) is 3.17. The minimum Gasteiger partial charge on any atom is -0.497 e. The van der Waals surface area contributed by atoms with Gasteiger partial charge in [-0.25, -0.2) is 4.68 Å². The zero-order valence-corrected chi connectivity index (χ0v) is 15.7. The zero-order valence-electron chi connectivity index (χ0n) is 15.7. The van der Waals surface area contributed by atoms with Gasteiger partial charge in [0.2, 0.25) is 0 Å². The first kappa shape index (κ1) is 17.7. The number of methoxy groups -OCH3 is 1. The van der Waals surface area contributed by atoms with Gasteiger partial charge in [-0.2, -0.15) is 0 Å². The van der Waals surface area contributed by atoms with Crippen molar-refractivity contribution in [3.05, 3.63) is 77.1 Å². The van der Waals surface area contributed by atoms with E-state index in [-0.39, 0.29) is 6.23 Å². The smallest absolute Gasteiger partial charge is 0.157 e. The van der Waals surface area contributed by atoms with Crippen molar-refractivity contribution in [3.8, 4) is 5.75 Å². The van der Waals surface area contributed by atoms with Crippen molar-refractivity contribution in [2.24, 2.45) is 0 Å². The molecule has 1 atom stereocenters. The highest BCUT2D eigenvalue weighted by Gasteiger charge is 2.29. The van der Waals surface area contributed by atoms with E-state index in [0.29, 0.717) is 13.2 Å². The van der Waals surface area contributed by atoms with E-state index >= 15 is 0 Å². The summed E-state index contributed by atoms with van der Waals surface area (Å²) in [4.78, 5) is 2.28. The van der Waals surface area contributed by atoms with E-state index in [4.69, 9.17) is 9.47 Å². The standard InChI is InChI=1S/C21H24N4O2/c1-16-4-3-5-18(12-16)14-25-15-20(22-23-25)21-24(10-11-27-21)13-17-6-8-19(26-2)9-7-17/h3-9,12,15,21H,10-11,13-14H2,1-2H3/t21-/m1/s1. The maximum atomic E-state index is 5.94. The van der Waals surface area contributed by atoms with Gasteiger partial charge in [0.1, 0.15) is 11.4 Å². The molecular formula is C21H24N4O2. The van der Waals surface area contributed by atoms with E-state index in [2.05, 4.69) is 58.5 Å². The quantitative estimate of drug-likeness (QED) is 0.672. The van der Waals surface area contributed by atoms with Gasteiger partial charge in [0, 0.05) is 13.1 Å². The summed E-state index contributed by atoms with van der Waals surface area (Å²) < 4.78 is 13.0. The highest BCUT2D eigenvalue weighted by atomic mass is 16.5. The second-order valence-electron chi connectivity index (χ2n) is 6.87. The second kappa shape index (κ2) is 7.90. The predicted molar refractivity (Wildman–Crippen MR) is 102 cm³/mol. The van der Waals surface area contributed by atoms with Crippen LogP contribution in [0.4, 0.5) is 0 Å². The molecule has 4 rings (SSSR count). The summed E-state index contributed by atoms with van der Waals surface area (Å²) in [6.07, 6.45) is 1.83. The lowest BCUT2D eigenvalue weighted by atomic mass is 10.1. The molecule has 0 amide bonds. The van der Waals surface area contributed by atoms with Crippen molar-refractivity contribution in [1.82, 2.24) is 19.9 Å². The minimum atomic E-state index is -0.154. The van der Waals surface area contributed by atoms with E-state index in [0.717, 1.165) is 24.5 Å². The molecule has 1 fully saturated rings. The number of aryl methyl sites for hydroxylation is 1. The van der Waals surface area contributed by atoms with Gasteiger partial charge in [-0.1, -0.05) is 47.2 Å². The molecule has 2 heterocycles. The summed E-state index contributed by atoms with van der Waals surface area (Å²) in [7, 11) is 1.68. The second-order valence-corrected chi connectivity index (χ2v) is 6.87. The van der Waals surface area contributed by atoms with Crippen molar-refractivity contribution in [2.45, 2.75) is 26.2 Å². The van der Waals surface area contributed by atoms with Crippen LogP contribution in [0.1, 0.15) is 28.6 Å². The first-order valence-corrected chi connectivity index (χ1v) is 9.15. The Morgan fingerprint density at radius 1 is 1.11 bits per heavy atom. The zero-order chi connectivity index (χ0) is 18.6. The third kappa shape index (κ3) is 4.18. The van der Waals surface area contributed by atoms with Crippen LogP contribution >= 0.6 is 0 Å². The van der Waals surface area contributed by atoms with Crippen molar-refractivity contribution < 1.29 is 9.47 Å². The highest BCUT2D eigenvalue weighted by molar-refractivity contribution is 5.27. The third-order valence-electron chi connectivity index (χ3n) is 4.77. The van der Waals surface area contributed by atoms with Crippen LogP contribution in [0.25, 0.3) is 0 Å². The minimum absolute atomic E-state index is 0.154. The van der Waals surface area contributed by atoms with Crippen LogP contribution in [0, 0.1) is 6.92 Å². The van der Waals surface area contributed by atoms with Crippen molar-refractivity contribution in [2.75, 3.05) is 20.3 Å². The molecule has 1 aliphatic rings. The van der Waals surface area contributed by atoms with Gasteiger partial charge < -0.3 is 9.47 Å². The number of benzene rings is 2. The average molecular weight is 364 g/mol. The van der Waals surface area contributed by atoms with Crippen molar-refractivity contribution in [3.63, 3.8) is 0 Å². The molecule has 0 radical (unpaired) electrons. The summed E-state index contributed by atoms with van der Waals surface area (Å²) in [6.45, 7) is 5.19. The fraction of sp³-hybridized carbons (Fsp3) is 0.333. The molecule has 1 aromatic heterocycles. The largest absolute Gasteiger partial charge is 0.497 e. The molecule has 0 unspecified atom stereocenters. The molecule has 0 N–H and O–H groups in total. The number of ether oxygens (including phenoxy) is 2. The molecule has 1 saturated heterocycles. The molecule has 1 aliphatic heterocycles. The lowest BCUT2D eigenvalue weighted by Gasteiger charge is -2.21. The Hall–Kier alpha value is -2.70. The molecule has 3 aromatic rings. The van der Waals surface area contributed by atoms with Gasteiger partial charge in [-0.15, -0.1) is 5.10 Å². The van der Waals surface area contributed by atoms with E-state index in [9.17, 15) is 0 Å². The molecule has 140 valence electrons. The van der Waals surface area contributed by atoms with Gasteiger partial charge in [-0.3, -0.25) is 4.90 Å². The Bertz CT molecular complexity index is 891. The molecule has 0 saturated carbocycles.